The van der Waals surface area contributed by atoms with Gasteiger partial charge in [0.15, 0.2) is 0 Å². The van der Waals surface area contributed by atoms with E-state index >= 15 is 0 Å². The van der Waals surface area contributed by atoms with Crippen LogP contribution < -0.4 is 14.4 Å². The number of piperazine rings is 1. The maximum atomic E-state index is 13.6. The Morgan fingerprint density at radius 2 is 1.79 bits per heavy atom. The Kier molecular flexibility index (Phi) is 12.4. The molecule has 0 radical (unpaired) electrons. The number of benzene rings is 2. The number of carbonyl (C=O) groups is 2. The van der Waals surface area contributed by atoms with Gasteiger partial charge < -0.3 is 14.4 Å². The SMILES string of the molecule is CO[C@@]1(CN2CCN(CC(C)=O)CC2)/C=C/C[C@H](C)[C@@H](C)S(=O)(=O)NC(=O)c2ccc3c(c2)N(CCCCc2cc(Cl)ccc2CO3)C[C@@H]2CC[C@H]21. The summed E-state index contributed by atoms with van der Waals surface area (Å²) in [6, 6.07) is 11.2. The minimum absolute atomic E-state index is 0.184. The summed E-state index contributed by atoms with van der Waals surface area (Å²) in [5.41, 5.74) is 2.75. The summed E-state index contributed by atoms with van der Waals surface area (Å²) in [5, 5.41) is -0.0934. The number of Topliss-reactive ketones (excluding diaryl/α,β-unsaturated/α-hetero) is 1. The molecule has 4 aliphatic rings. The average molecular weight is 755 g/mol. The third-order valence-electron chi connectivity index (χ3n) is 11.9. The third kappa shape index (κ3) is 8.87. The maximum absolute atomic E-state index is 13.6. The highest BCUT2D eigenvalue weighted by molar-refractivity contribution is 7.90. The first-order valence-corrected chi connectivity index (χ1v) is 20.8. The molecule has 0 aromatic heterocycles. The summed E-state index contributed by atoms with van der Waals surface area (Å²) in [4.78, 5) is 32.4. The van der Waals surface area contributed by atoms with E-state index in [9.17, 15) is 18.0 Å². The van der Waals surface area contributed by atoms with Gasteiger partial charge in [-0.15, -0.1) is 0 Å². The van der Waals surface area contributed by atoms with Crippen LogP contribution in [0.2, 0.25) is 5.02 Å². The second kappa shape index (κ2) is 16.6. The molecule has 2 aromatic rings. The number of nitrogens with zero attached hydrogens (tertiary/aromatic N) is 3. The molecule has 3 heterocycles. The van der Waals surface area contributed by atoms with Crippen LogP contribution >= 0.6 is 11.6 Å². The highest BCUT2D eigenvalue weighted by Gasteiger charge is 2.48. The van der Waals surface area contributed by atoms with Crippen molar-refractivity contribution in [2.24, 2.45) is 17.8 Å². The molecule has 0 spiro atoms. The predicted molar refractivity (Wildman–Crippen MR) is 206 cm³/mol. The molecule has 1 amide bonds. The zero-order valence-electron chi connectivity index (χ0n) is 31.1. The number of carbonyl (C=O) groups excluding carboxylic acids is 2. The van der Waals surface area contributed by atoms with Crippen LogP contribution in [0.1, 0.15) is 74.4 Å². The largest absolute Gasteiger partial charge is 0.487 e. The number of halogens is 1. The fraction of sp³-hybridized carbons (Fsp3) is 0.600. The van der Waals surface area contributed by atoms with Gasteiger partial charge >= 0.3 is 0 Å². The lowest BCUT2D eigenvalue weighted by Gasteiger charge is -2.52. The number of hydrogen-bond donors (Lipinski definition) is 1. The number of nitrogens with one attached hydrogen (secondary N) is 1. The Morgan fingerprint density at radius 3 is 2.50 bits per heavy atom. The van der Waals surface area contributed by atoms with Gasteiger partial charge in [-0.05, 0) is 112 Å². The van der Waals surface area contributed by atoms with Crippen molar-refractivity contribution in [3.05, 3.63) is 70.3 Å². The monoisotopic (exact) mass is 754 g/mol. The smallest absolute Gasteiger partial charge is 0.264 e. The number of hydrogen-bond acceptors (Lipinski definition) is 9. The highest BCUT2D eigenvalue weighted by atomic mass is 35.5. The van der Waals surface area contributed by atoms with Gasteiger partial charge in [0.05, 0.1) is 17.5 Å². The number of ether oxygens (including phenoxy) is 2. The van der Waals surface area contributed by atoms with E-state index in [-0.39, 0.29) is 23.2 Å². The van der Waals surface area contributed by atoms with Crippen LogP contribution in [0.25, 0.3) is 0 Å². The van der Waals surface area contributed by atoms with Gasteiger partial charge in [0.2, 0.25) is 10.0 Å². The summed E-state index contributed by atoms with van der Waals surface area (Å²) in [5.74, 6) is 0.507. The van der Waals surface area contributed by atoms with Crippen LogP contribution in [0.3, 0.4) is 0 Å². The van der Waals surface area contributed by atoms with Gasteiger partial charge in [-0.25, -0.2) is 13.1 Å². The predicted octanol–water partition coefficient (Wildman–Crippen LogP) is 5.72. The Balaban J connectivity index is 1.36. The Morgan fingerprint density at radius 1 is 1.02 bits per heavy atom. The molecule has 1 aliphatic carbocycles. The van der Waals surface area contributed by atoms with Crippen molar-refractivity contribution in [2.45, 2.75) is 76.8 Å². The first kappa shape index (κ1) is 38.8. The number of methoxy groups -OCH3 is 1. The van der Waals surface area contributed by atoms with Crippen LogP contribution in [0.4, 0.5) is 5.69 Å². The Hall–Kier alpha value is -2.96. The first-order valence-electron chi connectivity index (χ1n) is 18.9. The molecule has 2 fully saturated rings. The number of rotatable bonds is 5. The maximum Gasteiger partial charge on any atom is 0.264 e. The van der Waals surface area contributed by atoms with Gasteiger partial charge in [0.25, 0.3) is 5.91 Å². The van der Waals surface area contributed by atoms with Gasteiger partial charge in [0, 0.05) is 63.5 Å². The lowest BCUT2D eigenvalue weighted by atomic mass is 9.63. The van der Waals surface area contributed by atoms with Gasteiger partial charge in [-0.2, -0.15) is 0 Å². The summed E-state index contributed by atoms with van der Waals surface area (Å²) in [7, 11) is -2.16. The zero-order valence-corrected chi connectivity index (χ0v) is 32.7. The standard InChI is InChI=1S/C40H55ClN4O6S/c1-28-8-7-16-40(50-4,27-44-20-18-43(19-21-44)24-29(2)46)36-14-11-33(36)25-45-17-6-5-9-31-22-35(41)13-10-34(31)26-51-38-15-12-32(23-37(38)45)39(47)42-52(48,49)30(28)3/h7,10,12-13,15-16,22-23,28,30,33,36H,5-6,8-9,11,14,17-21,24-27H2,1-4H3,(H,42,47)/b16-7+/t28-,30+,33-,36+,40+/m0/s1. The van der Waals surface area contributed by atoms with Crippen LogP contribution in [-0.2, 0) is 32.6 Å². The number of sulfonamides is 1. The average Bonchev–Trinajstić information content (AvgIpc) is 3.12. The molecule has 284 valence electrons. The Bertz CT molecular complexity index is 1740. The number of allylic oxidation sites excluding steroid dienone is 1. The van der Waals surface area contributed by atoms with E-state index in [1.54, 1.807) is 32.0 Å². The second-order valence-electron chi connectivity index (χ2n) is 15.4. The minimum atomic E-state index is -3.97. The number of aryl methyl sites for hydroxylation is 1. The van der Waals surface area contributed by atoms with Crippen molar-refractivity contribution in [1.82, 2.24) is 14.5 Å². The fourth-order valence-electron chi connectivity index (χ4n) is 8.40. The quantitative estimate of drug-likeness (QED) is 0.384. The lowest BCUT2D eigenvalue weighted by Crippen LogP contribution is -2.58. The molecule has 6 rings (SSSR count). The van der Waals surface area contributed by atoms with Gasteiger partial charge in [-0.3, -0.25) is 19.4 Å². The van der Waals surface area contributed by atoms with E-state index in [1.165, 1.54) is 5.56 Å². The van der Waals surface area contributed by atoms with Crippen molar-refractivity contribution in [1.29, 1.82) is 0 Å². The van der Waals surface area contributed by atoms with E-state index in [2.05, 4.69) is 31.6 Å². The number of ketones is 1. The van der Waals surface area contributed by atoms with Gasteiger partial charge in [0.1, 0.15) is 23.7 Å². The zero-order chi connectivity index (χ0) is 37.0. The van der Waals surface area contributed by atoms with E-state index < -0.39 is 26.8 Å². The van der Waals surface area contributed by atoms with Crippen molar-refractivity contribution < 1.29 is 27.5 Å². The lowest BCUT2D eigenvalue weighted by molar-refractivity contribution is -0.119. The molecule has 10 nitrogen and oxygen atoms in total. The van der Waals surface area contributed by atoms with E-state index in [0.29, 0.717) is 36.3 Å². The second-order valence-corrected chi connectivity index (χ2v) is 17.9. The van der Waals surface area contributed by atoms with Crippen molar-refractivity contribution >= 4 is 39.0 Å². The van der Waals surface area contributed by atoms with Gasteiger partial charge in [-0.1, -0.05) is 36.7 Å². The normalized spacial score (nSPS) is 29.6. The molecule has 1 N–H and O–H groups in total. The summed E-state index contributed by atoms with van der Waals surface area (Å²) < 4.78 is 42.6. The molecule has 1 saturated carbocycles. The summed E-state index contributed by atoms with van der Waals surface area (Å²) in [6.07, 6.45) is 9.67. The molecule has 0 unspecified atom stereocenters. The molecule has 2 aromatic carbocycles. The van der Waals surface area contributed by atoms with E-state index in [4.69, 9.17) is 21.1 Å². The molecule has 3 aliphatic heterocycles. The topological polar surface area (TPSA) is 108 Å². The van der Waals surface area contributed by atoms with Crippen LogP contribution in [0, 0.1) is 17.8 Å². The molecule has 2 bridgehead atoms. The molecular weight excluding hydrogens is 700 g/mol. The van der Waals surface area contributed by atoms with Crippen molar-refractivity contribution in [3.63, 3.8) is 0 Å². The van der Waals surface area contributed by atoms with Crippen LogP contribution in [0.5, 0.6) is 5.75 Å². The van der Waals surface area contributed by atoms with Crippen molar-refractivity contribution in [3.8, 4) is 5.75 Å². The third-order valence-corrected chi connectivity index (χ3v) is 14.1. The molecular formula is C40H55ClN4O6S. The Labute approximate surface area is 314 Å². The van der Waals surface area contributed by atoms with Crippen LogP contribution in [-0.4, -0.2) is 100 Å². The highest BCUT2D eigenvalue weighted by Crippen LogP contribution is 2.47. The number of fused-ring (bicyclic) bond motifs is 3. The first-order chi connectivity index (χ1) is 24.9. The number of amides is 1. The number of anilines is 1. The van der Waals surface area contributed by atoms with Crippen molar-refractivity contribution in [2.75, 3.05) is 64.4 Å². The molecule has 5 atom stereocenters. The van der Waals surface area contributed by atoms with E-state index in [0.717, 1.165) is 89.2 Å². The minimum Gasteiger partial charge on any atom is -0.487 e. The summed E-state index contributed by atoms with van der Waals surface area (Å²) >= 11 is 6.39. The molecule has 12 heteroatoms. The summed E-state index contributed by atoms with van der Waals surface area (Å²) in [6.45, 7) is 11.6. The molecule has 1 saturated heterocycles. The molecule has 52 heavy (non-hydrogen) atoms. The van der Waals surface area contributed by atoms with E-state index in [1.807, 2.05) is 32.2 Å². The van der Waals surface area contributed by atoms with Crippen LogP contribution in [0.15, 0.2) is 48.6 Å². The fourth-order valence-corrected chi connectivity index (χ4v) is 9.88.